The molecular weight excluding hydrogens is 292 g/mol. The lowest BCUT2D eigenvalue weighted by Crippen LogP contribution is -2.12. The van der Waals surface area contributed by atoms with Crippen molar-refractivity contribution in [1.29, 1.82) is 0 Å². The van der Waals surface area contributed by atoms with Gasteiger partial charge in [-0.25, -0.2) is 0 Å². The van der Waals surface area contributed by atoms with Crippen LogP contribution in [0.3, 0.4) is 0 Å². The highest BCUT2D eigenvalue weighted by Gasteiger charge is 2.08. The summed E-state index contributed by atoms with van der Waals surface area (Å²) in [4.78, 5) is 0. The minimum absolute atomic E-state index is 1.12. The maximum atomic E-state index is 3.59. The van der Waals surface area contributed by atoms with Gasteiger partial charge in [0, 0.05) is 16.8 Å². The maximum absolute atomic E-state index is 3.59. The average Bonchev–Trinajstić information content (AvgIpc) is 2.94. The number of aryl methyl sites for hydroxylation is 2. The van der Waals surface area contributed by atoms with Gasteiger partial charge in [0.15, 0.2) is 0 Å². The normalized spacial score (nSPS) is 10.9. The first-order chi connectivity index (χ1) is 11.7. The molecule has 0 aliphatic carbocycles. The van der Waals surface area contributed by atoms with Crippen molar-refractivity contribution in [1.82, 2.24) is 4.68 Å². The molecule has 2 nitrogen and oxygen atoms in total. The average molecular weight is 312 g/mol. The van der Waals surface area contributed by atoms with Crippen LogP contribution in [0.4, 0.5) is 5.69 Å². The molecule has 118 valence electrons. The minimum Gasteiger partial charge on any atom is -0.294 e. The summed E-state index contributed by atoms with van der Waals surface area (Å²) in [5.41, 5.74) is 9.55. The van der Waals surface area contributed by atoms with Crippen molar-refractivity contribution in [2.24, 2.45) is 0 Å². The minimum atomic E-state index is 1.12. The molecule has 0 saturated carbocycles. The second kappa shape index (κ2) is 5.89. The van der Waals surface area contributed by atoms with E-state index in [2.05, 4.69) is 103 Å². The molecule has 0 aliphatic heterocycles. The lowest BCUT2D eigenvalue weighted by atomic mass is 10.00. The van der Waals surface area contributed by atoms with Gasteiger partial charge in [-0.2, -0.15) is 0 Å². The number of rotatable bonds is 3. The number of fused-ring (bicyclic) bond motifs is 1. The van der Waals surface area contributed by atoms with Gasteiger partial charge in [-0.15, -0.1) is 0 Å². The second-order valence-electron chi connectivity index (χ2n) is 6.17. The van der Waals surface area contributed by atoms with Crippen LogP contribution in [0.1, 0.15) is 11.4 Å². The molecule has 0 saturated heterocycles. The van der Waals surface area contributed by atoms with E-state index in [-0.39, 0.29) is 0 Å². The van der Waals surface area contributed by atoms with Crippen LogP contribution in [0.2, 0.25) is 0 Å². The van der Waals surface area contributed by atoms with E-state index < -0.39 is 0 Å². The van der Waals surface area contributed by atoms with Gasteiger partial charge in [0.1, 0.15) is 0 Å². The first kappa shape index (κ1) is 14.6. The van der Waals surface area contributed by atoms with Crippen LogP contribution in [-0.4, -0.2) is 4.68 Å². The van der Waals surface area contributed by atoms with Crippen molar-refractivity contribution in [2.45, 2.75) is 13.8 Å². The number of hydrogen-bond donors (Lipinski definition) is 1. The molecule has 0 atom stereocenters. The highest BCUT2D eigenvalue weighted by molar-refractivity contribution is 5.97. The number of hydrogen-bond acceptors (Lipinski definition) is 1. The number of nitrogens with zero attached hydrogens (tertiary/aromatic N) is 1. The summed E-state index contributed by atoms with van der Waals surface area (Å²) in [7, 11) is 0. The summed E-state index contributed by atoms with van der Waals surface area (Å²) in [6.45, 7) is 4.23. The van der Waals surface area contributed by atoms with E-state index >= 15 is 0 Å². The molecule has 0 fully saturated rings. The second-order valence-corrected chi connectivity index (χ2v) is 6.17. The zero-order valence-corrected chi connectivity index (χ0v) is 14.0. The molecule has 24 heavy (non-hydrogen) atoms. The van der Waals surface area contributed by atoms with Gasteiger partial charge in [0.25, 0.3) is 0 Å². The van der Waals surface area contributed by atoms with Crippen LogP contribution in [0.5, 0.6) is 0 Å². The Kier molecular flexibility index (Phi) is 3.58. The van der Waals surface area contributed by atoms with Crippen molar-refractivity contribution < 1.29 is 0 Å². The Balaban J connectivity index is 1.90. The van der Waals surface area contributed by atoms with Crippen molar-refractivity contribution in [2.75, 3.05) is 5.43 Å². The Morgan fingerprint density at radius 1 is 0.667 bits per heavy atom. The first-order valence-electron chi connectivity index (χ1n) is 8.22. The first-order valence-corrected chi connectivity index (χ1v) is 8.22. The molecule has 4 aromatic rings. The standard InChI is InChI=1S/C22H20N2/c1-16-12-13-17(2)24(16)23-22-15-20(18-8-4-3-5-9-18)14-19-10-6-7-11-21(19)22/h3-15,23H,1-2H3. The lowest BCUT2D eigenvalue weighted by Gasteiger charge is -2.16. The molecule has 0 spiro atoms. The molecule has 4 rings (SSSR count). The van der Waals surface area contributed by atoms with Gasteiger partial charge in [-0.1, -0.05) is 54.6 Å². The third kappa shape index (κ3) is 2.56. The third-order valence-electron chi connectivity index (χ3n) is 4.47. The fraction of sp³-hybridized carbons (Fsp3) is 0.0909. The van der Waals surface area contributed by atoms with Crippen LogP contribution < -0.4 is 5.43 Å². The van der Waals surface area contributed by atoms with E-state index in [0.717, 1.165) is 5.69 Å². The molecule has 2 heteroatoms. The summed E-state index contributed by atoms with van der Waals surface area (Å²) in [5, 5.41) is 2.47. The third-order valence-corrected chi connectivity index (χ3v) is 4.47. The van der Waals surface area contributed by atoms with Crippen molar-refractivity contribution in [3.05, 3.63) is 90.3 Å². The fourth-order valence-corrected chi connectivity index (χ4v) is 3.17. The van der Waals surface area contributed by atoms with Gasteiger partial charge in [0.2, 0.25) is 0 Å². The summed E-state index contributed by atoms with van der Waals surface area (Å²) >= 11 is 0. The van der Waals surface area contributed by atoms with Gasteiger partial charge >= 0.3 is 0 Å². The Bertz CT molecular complexity index is 978. The van der Waals surface area contributed by atoms with E-state index in [9.17, 15) is 0 Å². The number of benzene rings is 3. The Labute approximate surface area is 142 Å². The Morgan fingerprint density at radius 2 is 1.33 bits per heavy atom. The largest absolute Gasteiger partial charge is 0.294 e. The van der Waals surface area contributed by atoms with Crippen molar-refractivity contribution in [3.8, 4) is 11.1 Å². The lowest BCUT2D eigenvalue weighted by molar-refractivity contribution is 0.884. The summed E-state index contributed by atoms with van der Waals surface area (Å²) < 4.78 is 2.14. The zero-order chi connectivity index (χ0) is 16.5. The number of nitrogens with one attached hydrogen (secondary N) is 1. The van der Waals surface area contributed by atoms with Crippen LogP contribution in [-0.2, 0) is 0 Å². The van der Waals surface area contributed by atoms with E-state index in [1.807, 2.05) is 0 Å². The quantitative estimate of drug-likeness (QED) is 0.506. The molecule has 0 unspecified atom stereocenters. The van der Waals surface area contributed by atoms with E-state index in [1.165, 1.54) is 33.3 Å². The molecule has 1 aromatic heterocycles. The van der Waals surface area contributed by atoms with Crippen molar-refractivity contribution in [3.63, 3.8) is 0 Å². The highest BCUT2D eigenvalue weighted by atomic mass is 15.4. The summed E-state index contributed by atoms with van der Waals surface area (Å²) in [6.07, 6.45) is 0. The molecule has 0 aliphatic rings. The summed E-state index contributed by atoms with van der Waals surface area (Å²) in [5.74, 6) is 0. The van der Waals surface area contributed by atoms with Gasteiger partial charge in [-0.3, -0.25) is 10.1 Å². The highest BCUT2D eigenvalue weighted by Crippen LogP contribution is 2.31. The fourth-order valence-electron chi connectivity index (χ4n) is 3.17. The molecule has 1 N–H and O–H groups in total. The Hall–Kier alpha value is -3.00. The number of aromatic nitrogens is 1. The topological polar surface area (TPSA) is 17.0 Å². The number of anilines is 1. The zero-order valence-electron chi connectivity index (χ0n) is 14.0. The van der Waals surface area contributed by atoms with Crippen LogP contribution in [0, 0.1) is 13.8 Å². The predicted octanol–water partition coefficient (Wildman–Crippen LogP) is 5.80. The van der Waals surface area contributed by atoms with Crippen LogP contribution >= 0.6 is 0 Å². The van der Waals surface area contributed by atoms with Gasteiger partial charge < -0.3 is 0 Å². The van der Waals surface area contributed by atoms with Crippen molar-refractivity contribution >= 4 is 16.5 Å². The van der Waals surface area contributed by atoms with E-state index in [4.69, 9.17) is 0 Å². The smallest absolute Gasteiger partial charge is 0.0630 e. The molecule has 0 amide bonds. The maximum Gasteiger partial charge on any atom is 0.0630 e. The van der Waals surface area contributed by atoms with Crippen LogP contribution in [0.25, 0.3) is 21.9 Å². The van der Waals surface area contributed by atoms with E-state index in [1.54, 1.807) is 0 Å². The summed E-state index contributed by atoms with van der Waals surface area (Å²) in [6, 6.07) is 27.8. The van der Waals surface area contributed by atoms with Gasteiger partial charge in [0.05, 0.1) is 5.69 Å². The monoisotopic (exact) mass is 312 g/mol. The molecular formula is C22H20N2. The predicted molar refractivity (Wildman–Crippen MR) is 102 cm³/mol. The molecule has 3 aromatic carbocycles. The van der Waals surface area contributed by atoms with Crippen LogP contribution in [0.15, 0.2) is 78.9 Å². The molecule has 1 heterocycles. The Morgan fingerprint density at radius 3 is 2.08 bits per heavy atom. The molecule has 0 bridgehead atoms. The van der Waals surface area contributed by atoms with Gasteiger partial charge in [-0.05, 0) is 54.6 Å². The SMILES string of the molecule is Cc1ccc(C)n1Nc1cc(-c2ccccc2)cc2ccccc12. The molecule has 0 radical (unpaired) electrons. The van der Waals surface area contributed by atoms with E-state index in [0.29, 0.717) is 0 Å².